The van der Waals surface area contributed by atoms with Crippen LogP contribution in [-0.2, 0) is 0 Å². The van der Waals surface area contributed by atoms with E-state index in [-0.39, 0.29) is 15.9 Å². The molecule has 0 aliphatic carbocycles. The first-order valence-corrected chi connectivity index (χ1v) is 7.82. The molecule has 0 unspecified atom stereocenters. The summed E-state index contributed by atoms with van der Waals surface area (Å²) in [4.78, 5) is 14.7. The molecule has 2 rings (SSSR count). The van der Waals surface area contributed by atoms with Crippen LogP contribution in [0.2, 0.25) is 0 Å². The molecule has 1 heterocycles. The molecule has 6 nitrogen and oxygen atoms in total. The second kappa shape index (κ2) is 7.32. The van der Waals surface area contributed by atoms with Gasteiger partial charge in [-0.3, -0.25) is 15.0 Å². The third kappa shape index (κ3) is 4.01. The van der Waals surface area contributed by atoms with Crippen molar-refractivity contribution >= 4 is 34.0 Å². The van der Waals surface area contributed by atoms with Crippen LogP contribution in [0.3, 0.4) is 0 Å². The second-order valence-electron chi connectivity index (χ2n) is 4.92. The molecule has 0 spiro atoms. The van der Waals surface area contributed by atoms with Gasteiger partial charge in [0.25, 0.3) is 5.69 Å². The molecule has 1 aromatic carbocycles. The Hall–Kier alpha value is -1.00. The first kappa shape index (κ1) is 16.4. The summed E-state index contributed by atoms with van der Waals surface area (Å²) in [6, 6.07) is 2.53. The van der Waals surface area contributed by atoms with E-state index in [1.165, 1.54) is 12.1 Å². The number of anilines is 1. The van der Waals surface area contributed by atoms with Gasteiger partial charge in [0.15, 0.2) is 0 Å². The van der Waals surface area contributed by atoms with E-state index in [0.717, 1.165) is 13.0 Å². The average Bonchev–Trinajstić information content (AvgIpc) is 2.67. The smallest absolute Gasteiger partial charge is 0.293 e. The lowest BCUT2D eigenvalue weighted by Gasteiger charge is -2.23. The largest absolute Gasteiger partial charge is 0.395 e. The monoisotopic (exact) mass is 409 g/mol. The summed E-state index contributed by atoms with van der Waals surface area (Å²) >= 11 is 1.76. The number of β-amino-alcohol motifs (C(OH)–C–C–N with tert-alkyl or cyclic N) is 1. The average molecular weight is 409 g/mol. The van der Waals surface area contributed by atoms with E-state index < -0.39 is 10.7 Å². The zero-order valence-electron chi connectivity index (χ0n) is 11.5. The lowest BCUT2D eigenvalue weighted by Crippen LogP contribution is -2.32. The van der Waals surface area contributed by atoms with Gasteiger partial charge in [0.1, 0.15) is 11.5 Å². The van der Waals surface area contributed by atoms with Gasteiger partial charge >= 0.3 is 0 Å². The van der Waals surface area contributed by atoms with Gasteiger partial charge in [-0.2, -0.15) is 0 Å². The predicted molar refractivity (Wildman–Crippen MR) is 86.1 cm³/mol. The number of benzene rings is 1. The van der Waals surface area contributed by atoms with Crippen LogP contribution in [0.4, 0.5) is 15.8 Å². The SMILES string of the molecule is O=[N+]([O-])c1cc(I)c(F)cc1N1CCCN(CCO)CC1. The molecule has 0 amide bonds. The molecule has 1 N–H and O–H groups in total. The number of halogens is 2. The Balaban J connectivity index is 2.24. The Morgan fingerprint density at radius 3 is 2.76 bits per heavy atom. The molecule has 0 aromatic heterocycles. The van der Waals surface area contributed by atoms with E-state index in [9.17, 15) is 14.5 Å². The summed E-state index contributed by atoms with van der Waals surface area (Å²) in [5.74, 6) is -0.437. The number of aliphatic hydroxyl groups is 1. The van der Waals surface area contributed by atoms with Gasteiger partial charge in [-0.1, -0.05) is 0 Å². The van der Waals surface area contributed by atoms with Crippen molar-refractivity contribution in [1.82, 2.24) is 4.90 Å². The number of aliphatic hydroxyl groups excluding tert-OH is 1. The van der Waals surface area contributed by atoms with E-state index in [1.54, 1.807) is 22.6 Å². The van der Waals surface area contributed by atoms with Gasteiger partial charge in [-0.05, 0) is 35.6 Å². The van der Waals surface area contributed by atoms with Crippen LogP contribution in [-0.4, -0.2) is 54.3 Å². The lowest BCUT2D eigenvalue weighted by molar-refractivity contribution is -0.384. The van der Waals surface area contributed by atoms with Crippen molar-refractivity contribution in [2.24, 2.45) is 0 Å². The van der Waals surface area contributed by atoms with Crippen molar-refractivity contribution in [3.05, 3.63) is 31.6 Å². The van der Waals surface area contributed by atoms with E-state index in [0.29, 0.717) is 31.9 Å². The highest BCUT2D eigenvalue weighted by molar-refractivity contribution is 14.1. The Morgan fingerprint density at radius 2 is 2.10 bits per heavy atom. The highest BCUT2D eigenvalue weighted by Crippen LogP contribution is 2.32. The van der Waals surface area contributed by atoms with Crippen LogP contribution in [0.25, 0.3) is 0 Å². The number of nitro groups is 1. The molecule has 21 heavy (non-hydrogen) atoms. The molecule has 1 aromatic rings. The minimum atomic E-state index is -0.465. The molecule has 1 fully saturated rings. The van der Waals surface area contributed by atoms with Crippen LogP contribution in [0, 0.1) is 19.5 Å². The minimum absolute atomic E-state index is 0.0589. The zero-order chi connectivity index (χ0) is 15.4. The Bertz CT molecular complexity index is 530. The summed E-state index contributed by atoms with van der Waals surface area (Å²) in [5, 5.41) is 20.2. The van der Waals surface area contributed by atoms with Gasteiger partial charge in [0.2, 0.25) is 0 Å². The number of nitrogens with zero attached hydrogens (tertiary/aromatic N) is 3. The second-order valence-corrected chi connectivity index (χ2v) is 6.08. The number of hydrogen-bond acceptors (Lipinski definition) is 5. The maximum absolute atomic E-state index is 13.8. The van der Waals surface area contributed by atoms with Crippen molar-refractivity contribution in [1.29, 1.82) is 0 Å². The number of hydrogen-bond donors (Lipinski definition) is 1. The van der Waals surface area contributed by atoms with Gasteiger partial charge in [-0.15, -0.1) is 0 Å². The van der Waals surface area contributed by atoms with Gasteiger partial charge in [-0.25, -0.2) is 4.39 Å². The van der Waals surface area contributed by atoms with Crippen LogP contribution >= 0.6 is 22.6 Å². The molecule has 1 aliphatic heterocycles. The summed E-state index contributed by atoms with van der Waals surface area (Å²) in [7, 11) is 0. The third-order valence-electron chi connectivity index (χ3n) is 3.56. The minimum Gasteiger partial charge on any atom is -0.395 e. The molecule has 0 atom stereocenters. The van der Waals surface area contributed by atoms with Gasteiger partial charge < -0.3 is 10.0 Å². The summed E-state index contributed by atoms with van der Waals surface area (Å²) < 4.78 is 14.0. The van der Waals surface area contributed by atoms with E-state index >= 15 is 0 Å². The zero-order valence-corrected chi connectivity index (χ0v) is 13.6. The first-order valence-electron chi connectivity index (χ1n) is 6.74. The maximum atomic E-state index is 13.8. The standard InChI is InChI=1S/C13H17FIN3O3/c14-10-8-12(13(18(20)21)9-11(10)15)17-3-1-2-16(4-5-17)6-7-19/h8-9,19H,1-7H2. The molecule has 1 aliphatic rings. The van der Waals surface area contributed by atoms with Crippen LogP contribution in [0.1, 0.15) is 6.42 Å². The van der Waals surface area contributed by atoms with E-state index in [2.05, 4.69) is 4.90 Å². The topological polar surface area (TPSA) is 69.9 Å². The Morgan fingerprint density at radius 1 is 1.33 bits per heavy atom. The number of rotatable bonds is 4. The molecule has 8 heteroatoms. The third-order valence-corrected chi connectivity index (χ3v) is 4.39. The maximum Gasteiger partial charge on any atom is 0.293 e. The fourth-order valence-corrected chi connectivity index (χ4v) is 2.95. The van der Waals surface area contributed by atoms with Crippen molar-refractivity contribution in [2.75, 3.05) is 44.2 Å². The highest BCUT2D eigenvalue weighted by Gasteiger charge is 2.24. The molecule has 1 saturated heterocycles. The Kier molecular flexibility index (Phi) is 5.71. The molecule has 0 saturated carbocycles. The molecular weight excluding hydrogens is 392 g/mol. The van der Waals surface area contributed by atoms with Crippen molar-refractivity contribution in [2.45, 2.75) is 6.42 Å². The van der Waals surface area contributed by atoms with E-state index in [4.69, 9.17) is 5.11 Å². The molecule has 116 valence electrons. The lowest BCUT2D eigenvalue weighted by atomic mass is 10.2. The summed E-state index contributed by atoms with van der Waals surface area (Å²) in [6.45, 7) is 3.45. The first-order chi connectivity index (χ1) is 10.0. The molecule has 0 bridgehead atoms. The predicted octanol–water partition coefficient (Wildman–Crippen LogP) is 1.84. The van der Waals surface area contributed by atoms with Gasteiger partial charge in [0, 0.05) is 38.3 Å². The van der Waals surface area contributed by atoms with Crippen LogP contribution in [0.15, 0.2) is 12.1 Å². The molecule has 0 radical (unpaired) electrons. The fourth-order valence-electron chi connectivity index (χ4n) is 2.50. The summed E-state index contributed by atoms with van der Waals surface area (Å²) in [6.07, 6.45) is 0.824. The van der Waals surface area contributed by atoms with Crippen molar-refractivity contribution < 1.29 is 14.4 Å². The highest BCUT2D eigenvalue weighted by atomic mass is 127. The van der Waals surface area contributed by atoms with Crippen molar-refractivity contribution in [3.8, 4) is 0 Å². The van der Waals surface area contributed by atoms with Crippen LogP contribution < -0.4 is 4.90 Å². The quantitative estimate of drug-likeness (QED) is 0.467. The van der Waals surface area contributed by atoms with Crippen LogP contribution in [0.5, 0.6) is 0 Å². The molecular formula is C13H17FIN3O3. The summed E-state index contributed by atoms with van der Waals surface area (Å²) in [5.41, 5.74) is 0.278. The van der Waals surface area contributed by atoms with Gasteiger partial charge in [0.05, 0.1) is 15.1 Å². The Labute approximate surface area is 135 Å². The number of nitro benzene ring substituents is 1. The fraction of sp³-hybridized carbons (Fsp3) is 0.538. The normalized spacial score (nSPS) is 16.8. The van der Waals surface area contributed by atoms with Crippen molar-refractivity contribution in [3.63, 3.8) is 0 Å². The van der Waals surface area contributed by atoms with E-state index in [1.807, 2.05) is 4.90 Å².